The van der Waals surface area contributed by atoms with Gasteiger partial charge in [0.05, 0.1) is 0 Å². The molecule has 1 aromatic rings. The lowest BCUT2D eigenvalue weighted by Gasteiger charge is -2.19. The lowest BCUT2D eigenvalue weighted by atomic mass is 10.1. The Balaban J connectivity index is 2.22. The maximum absolute atomic E-state index is 9.45. The lowest BCUT2D eigenvalue weighted by Crippen LogP contribution is -2.21. The van der Waals surface area contributed by atoms with Gasteiger partial charge in [0.1, 0.15) is 0 Å². The molecule has 2 N–H and O–H groups in total. The van der Waals surface area contributed by atoms with Crippen LogP contribution in [0.15, 0.2) is 12.1 Å². The quantitative estimate of drug-likeness (QED) is 0.747. The van der Waals surface area contributed by atoms with E-state index in [1.54, 1.807) is 12.1 Å². The zero-order valence-electron chi connectivity index (χ0n) is 9.03. The van der Waals surface area contributed by atoms with Gasteiger partial charge in [0.25, 0.3) is 0 Å². The van der Waals surface area contributed by atoms with Gasteiger partial charge in [-0.3, -0.25) is 0 Å². The fourth-order valence-corrected chi connectivity index (χ4v) is 2.06. The number of benzene rings is 1. The second-order valence-corrected chi connectivity index (χ2v) is 4.06. The summed E-state index contributed by atoms with van der Waals surface area (Å²) in [6.45, 7) is 4.21. The Morgan fingerprint density at radius 1 is 1.27 bits per heavy atom. The highest BCUT2D eigenvalue weighted by Gasteiger charge is 2.20. The Labute approximate surface area is 90.0 Å². The third-order valence-corrected chi connectivity index (χ3v) is 2.95. The lowest BCUT2D eigenvalue weighted by molar-refractivity contribution is 0.403. The zero-order valence-corrected chi connectivity index (χ0v) is 9.03. The van der Waals surface area contributed by atoms with Crippen molar-refractivity contribution in [3.8, 4) is 11.5 Å². The number of unbranched alkanes of at least 4 members (excludes halogenated alkanes) is 1. The van der Waals surface area contributed by atoms with Gasteiger partial charge in [-0.1, -0.05) is 13.3 Å². The number of aromatic hydroxyl groups is 2. The van der Waals surface area contributed by atoms with Crippen molar-refractivity contribution in [3.05, 3.63) is 17.7 Å². The summed E-state index contributed by atoms with van der Waals surface area (Å²) in [5, 5.41) is 18.8. The first kappa shape index (κ1) is 10.1. The smallest absolute Gasteiger partial charge is 0.159 e. The summed E-state index contributed by atoms with van der Waals surface area (Å²) in [6.07, 6.45) is 3.31. The highest BCUT2D eigenvalue weighted by molar-refractivity contribution is 5.64. The summed E-state index contributed by atoms with van der Waals surface area (Å²) < 4.78 is 0. The molecule has 2 rings (SSSR count). The molecular formula is C12H17NO2. The summed E-state index contributed by atoms with van der Waals surface area (Å²) in [5.41, 5.74) is 2.22. The van der Waals surface area contributed by atoms with E-state index in [2.05, 4.69) is 11.8 Å². The van der Waals surface area contributed by atoms with Crippen LogP contribution in [-0.2, 0) is 6.42 Å². The van der Waals surface area contributed by atoms with Gasteiger partial charge >= 0.3 is 0 Å². The molecule has 0 aliphatic carbocycles. The van der Waals surface area contributed by atoms with Crippen molar-refractivity contribution in [2.45, 2.75) is 26.2 Å². The summed E-state index contributed by atoms with van der Waals surface area (Å²) in [6, 6.07) is 3.35. The number of rotatable bonds is 3. The van der Waals surface area contributed by atoms with Crippen LogP contribution < -0.4 is 4.90 Å². The summed E-state index contributed by atoms with van der Waals surface area (Å²) in [5.74, 6) is -0.0248. The largest absolute Gasteiger partial charge is 0.504 e. The molecule has 1 aromatic carbocycles. The third-order valence-electron chi connectivity index (χ3n) is 2.95. The Morgan fingerprint density at radius 3 is 2.73 bits per heavy atom. The predicted molar refractivity (Wildman–Crippen MR) is 60.6 cm³/mol. The molecule has 1 heterocycles. The maximum atomic E-state index is 9.45. The highest BCUT2D eigenvalue weighted by Crippen LogP contribution is 2.37. The Bertz CT molecular complexity index is 363. The summed E-state index contributed by atoms with van der Waals surface area (Å²) in [7, 11) is 0. The highest BCUT2D eigenvalue weighted by atomic mass is 16.3. The second-order valence-electron chi connectivity index (χ2n) is 4.06. The molecule has 3 nitrogen and oxygen atoms in total. The average Bonchev–Trinajstić information content (AvgIpc) is 2.59. The molecule has 1 aliphatic rings. The van der Waals surface area contributed by atoms with E-state index in [-0.39, 0.29) is 11.5 Å². The van der Waals surface area contributed by atoms with Crippen LogP contribution in [0.2, 0.25) is 0 Å². The summed E-state index contributed by atoms with van der Waals surface area (Å²) >= 11 is 0. The molecule has 0 radical (unpaired) electrons. The van der Waals surface area contributed by atoms with Crippen molar-refractivity contribution < 1.29 is 10.2 Å². The van der Waals surface area contributed by atoms with Gasteiger partial charge in [-0.05, 0) is 24.5 Å². The number of phenols is 2. The summed E-state index contributed by atoms with van der Waals surface area (Å²) in [4.78, 5) is 2.28. The van der Waals surface area contributed by atoms with Crippen LogP contribution in [-0.4, -0.2) is 23.3 Å². The molecule has 0 fully saturated rings. The van der Waals surface area contributed by atoms with Crippen LogP contribution in [0.4, 0.5) is 5.69 Å². The monoisotopic (exact) mass is 207 g/mol. The average molecular weight is 207 g/mol. The Morgan fingerprint density at radius 2 is 2.00 bits per heavy atom. The van der Waals surface area contributed by atoms with Crippen molar-refractivity contribution in [3.63, 3.8) is 0 Å². The molecule has 0 amide bonds. The van der Waals surface area contributed by atoms with E-state index in [4.69, 9.17) is 0 Å². The normalized spacial score (nSPS) is 14.3. The van der Waals surface area contributed by atoms with Gasteiger partial charge in [-0.15, -0.1) is 0 Å². The van der Waals surface area contributed by atoms with Crippen molar-refractivity contribution >= 4 is 5.69 Å². The first-order chi connectivity index (χ1) is 7.22. The van der Waals surface area contributed by atoms with E-state index >= 15 is 0 Å². The van der Waals surface area contributed by atoms with Crippen molar-refractivity contribution in [2.75, 3.05) is 18.0 Å². The van der Waals surface area contributed by atoms with Crippen molar-refractivity contribution in [1.29, 1.82) is 0 Å². The molecule has 0 unspecified atom stereocenters. The molecule has 0 aromatic heterocycles. The number of anilines is 1. The van der Waals surface area contributed by atoms with Gasteiger partial charge in [0, 0.05) is 24.8 Å². The molecule has 0 spiro atoms. The molecule has 3 heteroatoms. The van der Waals surface area contributed by atoms with E-state index in [0.717, 1.165) is 30.8 Å². The van der Waals surface area contributed by atoms with Gasteiger partial charge in [-0.2, -0.15) is 0 Å². The zero-order chi connectivity index (χ0) is 10.8. The van der Waals surface area contributed by atoms with E-state index in [9.17, 15) is 10.2 Å². The molecule has 1 aliphatic heterocycles. The molecule has 0 saturated heterocycles. The molecule has 15 heavy (non-hydrogen) atoms. The molecule has 0 saturated carbocycles. The van der Waals surface area contributed by atoms with E-state index < -0.39 is 0 Å². The third kappa shape index (κ3) is 1.87. The molecular weight excluding hydrogens is 190 g/mol. The van der Waals surface area contributed by atoms with Crippen LogP contribution in [0.1, 0.15) is 25.3 Å². The second kappa shape index (κ2) is 4.01. The number of hydrogen-bond donors (Lipinski definition) is 2. The standard InChI is InChI=1S/C12H17NO2/c1-2-3-5-13-6-4-9-7-11(14)12(15)8-10(9)13/h7-8,14-15H,2-6H2,1H3. The minimum atomic E-state index is -0.0165. The van der Waals surface area contributed by atoms with Crippen LogP contribution in [0.25, 0.3) is 0 Å². The van der Waals surface area contributed by atoms with Gasteiger partial charge < -0.3 is 15.1 Å². The first-order valence-electron chi connectivity index (χ1n) is 5.52. The minimum Gasteiger partial charge on any atom is -0.504 e. The van der Waals surface area contributed by atoms with Crippen LogP contribution in [0.3, 0.4) is 0 Å². The SMILES string of the molecule is CCCCN1CCc2cc(O)c(O)cc21. The van der Waals surface area contributed by atoms with E-state index in [0.29, 0.717) is 0 Å². The Hall–Kier alpha value is -1.38. The van der Waals surface area contributed by atoms with Gasteiger partial charge in [-0.25, -0.2) is 0 Å². The first-order valence-corrected chi connectivity index (χ1v) is 5.52. The molecule has 82 valence electrons. The topological polar surface area (TPSA) is 43.7 Å². The van der Waals surface area contributed by atoms with Gasteiger partial charge in [0.15, 0.2) is 11.5 Å². The Kier molecular flexibility index (Phi) is 2.71. The number of phenolic OH excluding ortho intramolecular Hbond substituents is 2. The predicted octanol–water partition coefficient (Wildman–Crippen LogP) is 2.26. The molecule has 0 atom stereocenters. The fraction of sp³-hybridized carbons (Fsp3) is 0.500. The van der Waals surface area contributed by atoms with Crippen molar-refractivity contribution in [2.24, 2.45) is 0 Å². The van der Waals surface area contributed by atoms with Crippen LogP contribution in [0.5, 0.6) is 11.5 Å². The maximum Gasteiger partial charge on any atom is 0.159 e. The number of hydrogen-bond acceptors (Lipinski definition) is 3. The van der Waals surface area contributed by atoms with E-state index in [1.807, 2.05) is 0 Å². The number of nitrogens with zero attached hydrogens (tertiary/aromatic N) is 1. The number of fused-ring (bicyclic) bond motifs is 1. The van der Waals surface area contributed by atoms with Crippen LogP contribution >= 0.6 is 0 Å². The van der Waals surface area contributed by atoms with Gasteiger partial charge in [0.2, 0.25) is 0 Å². The minimum absolute atomic E-state index is 0.00825. The van der Waals surface area contributed by atoms with Crippen LogP contribution in [0, 0.1) is 0 Å². The van der Waals surface area contributed by atoms with E-state index in [1.165, 1.54) is 12.8 Å². The fourth-order valence-electron chi connectivity index (χ4n) is 2.06. The molecule has 0 bridgehead atoms. The van der Waals surface area contributed by atoms with Crippen molar-refractivity contribution in [1.82, 2.24) is 0 Å².